The molecule has 0 saturated carbocycles. The highest BCUT2D eigenvalue weighted by atomic mass is 19.2. The number of hydrogen-bond acceptors (Lipinski definition) is 4. The molecule has 136 valence electrons. The Morgan fingerprint density at radius 3 is 2.96 bits per heavy atom. The summed E-state index contributed by atoms with van der Waals surface area (Å²) in [6.07, 6.45) is 3.87. The normalized spacial score (nSPS) is 18.3. The quantitative estimate of drug-likeness (QED) is 0.702. The highest BCUT2D eigenvalue weighted by Crippen LogP contribution is 2.17. The summed E-state index contributed by atoms with van der Waals surface area (Å²) in [5.74, 6) is -1.50. The number of nitrogens with zero attached hydrogens (tertiary/aromatic N) is 3. The molecule has 0 bridgehead atoms. The minimum atomic E-state index is -0.916. The number of rotatable bonds is 5. The van der Waals surface area contributed by atoms with E-state index in [1.54, 1.807) is 0 Å². The first-order valence-electron chi connectivity index (χ1n) is 8.52. The fourth-order valence-electron chi connectivity index (χ4n) is 3.07. The average Bonchev–Trinajstić information content (AvgIpc) is 3.05. The van der Waals surface area contributed by atoms with Gasteiger partial charge in [0, 0.05) is 38.1 Å². The minimum Gasteiger partial charge on any atom is -0.491 e. The monoisotopic (exact) mass is 359 g/mol. The van der Waals surface area contributed by atoms with Crippen LogP contribution >= 0.6 is 0 Å². The summed E-state index contributed by atoms with van der Waals surface area (Å²) in [5.41, 5.74) is 1.92. The van der Waals surface area contributed by atoms with Gasteiger partial charge in [-0.15, -0.1) is 0 Å². The van der Waals surface area contributed by atoms with Crippen LogP contribution in [-0.2, 0) is 11.3 Å². The number of pyridine rings is 1. The Hall–Kier alpha value is -2.51. The second-order valence-electron chi connectivity index (χ2n) is 6.31. The average molecular weight is 359 g/mol. The molecule has 0 radical (unpaired) electrons. The molecule has 1 atom stereocenters. The lowest BCUT2D eigenvalue weighted by molar-refractivity contribution is -0.0507. The van der Waals surface area contributed by atoms with Crippen molar-refractivity contribution in [3.05, 3.63) is 66.1 Å². The second-order valence-corrected chi connectivity index (χ2v) is 6.31. The van der Waals surface area contributed by atoms with E-state index in [2.05, 4.69) is 9.88 Å². The van der Waals surface area contributed by atoms with Gasteiger partial charge in [0.2, 0.25) is 0 Å². The third-order valence-electron chi connectivity index (χ3n) is 4.35. The maximum Gasteiger partial charge on any atom is 0.162 e. The van der Waals surface area contributed by atoms with E-state index in [1.165, 1.54) is 6.07 Å². The predicted molar refractivity (Wildman–Crippen MR) is 92.1 cm³/mol. The molecule has 0 amide bonds. The van der Waals surface area contributed by atoms with E-state index in [0.717, 1.165) is 36.6 Å². The molecule has 1 aromatic carbocycles. The van der Waals surface area contributed by atoms with Crippen LogP contribution in [0.1, 0.15) is 5.69 Å². The van der Waals surface area contributed by atoms with Crippen LogP contribution in [0.2, 0.25) is 0 Å². The SMILES string of the molecule is Fc1ccc(OC[C@@H]2CN(Cc3cn4ccccc4n3)CCO2)cc1F. The summed E-state index contributed by atoms with van der Waals surface area (Å²) >= 11 is 0. The maximum absolute atomic E-state index is 13.2. The van der Waals surface area contributed by atoms with Crippen molar-refractivity contribution >= 4 is 5.65 Å². The summed E-state index contributed by atoms with van der Waals surface area (Å²) in [6.45, 7) is 3.12. The van der Waals surface area contributed by atoms with Crippen LogP contribution in [0, 0.1) is 11.6 Å². The molecule has 2 aromatic heterocycles. The molecule has 1 aliphatic rings. The van der Waals surface area contributed by atoms with Gasteiger partial charge in [-0.1, -0.05) is 6.07 Å². The van der Waals surface area contributed by atoms with Crippen molar-refractivity contribution in [3.8, 4) is 5.75 Å². The lowest BCUT2D eigenvalue weighted by atomic mass is 10.2. The van der Waals surface area contributed by atoms with Crippen molar-refractivity contribution in [3.63, 3.8) is 0 Å². The van der Waals surface area contributed by atoms with Crippen LogP contribution in [0.15, 0.2) is 48.8 Å². The molecule has 1 saturated heterocycles. The number of imidazole rings is 1. The Morgan fingerprint density at radius 2 is 2.12 bits per heavy atom. The van der Waals surface area contributed by atoms with E-state index in [-0.39, 0.29) is 12.7 Å². The van der Waals surface area contributed by atoms with Crippen LogP contribution in [0.25, 0.3) is 5.65 Å². The van der Waals surface area contributed by atoms with E-state index in [1.807, 2.05) is 35.0 Å². The fraction of sp³-hybridized carbons (Fsp3) is 0.316. The molecule has 7 heteroatoms. The van der Waals surface area contributed by atoms with Gasteiger partial charge in [0.05, 0.1) is 12.3 Å². The van der Waals surface area contributed by atoms with Gasteiger partial charge in [-0.05, 0) is 24.3 Å². The van der Waals surface area contributed by atoms with Crippen molar-refractivity contribution in [2.45, 2.75) is 12.6 Å². The third-order valence-corrected chi connectivity index (χ3v) is 4.35. The van der Waals surface area contributed by atoms with Crippen LogP contribution in [0.4, 0.5) is 8.78 Å². The Balaban J connectivity index is 1.34. The van der Waals surface area contributed by atoms with Crippen molar-refractivity contribution in [1.82, 2.24) is 14.3 Å². The molecule has 0 spiro atoms. The fourth-order valence-corrected chi connectivity index (χ4v) is 3.07. The number of halogens is 2. The lowest BCUT2D eigenvalue weighted by Crippen LogP contribution is -2.44. The van der Waals surface area contributed by atoms with E-state index < -0.39 is 11.6 Å². The zero-order valence-corrected chi connectivity index (χ0v) is 14.1. The smallest absolute Gasteiger partial charge is 0.162 e. The highest BCUT2D eigenvalue weighted by Gasteiger charge is 2.22. The van der Waals surface area contributed by atoms with E-state index in [0.29, 0.717) is 18.9 Å². The van der Waals surface area contributed by atoms with Crippen LogP contribution in [-0.4, -0.2) is 46.7 Å². The van der Waals surface area contributed by atoms with Crippen molar-refractivity contribution < 1.29 is 18.3 Å². The number of hydrogen-bond donors (Lipinski definition) is 0. The Morgan fingerprint density at radius 1 is 1.19 bits per heavy atom. The molecule has 5 nitrogen and oxygen atoms in total. The molecule has 3 heterocycles. The van der Waals surface area contributed by atoms with Crippen molar-refractivity contribution in [1.29, 1.82) is 0 Å². The highest BCUT2D eigenvalue weighted by molar-refractivity contribution is 5.39. The summed E-state index contributed by atoms with van der Waals surface area (Å²) in [5, 5.41) is 0. The standard InChI is InChI=1S/C19H19F2N3O2/c20-17-5-4-15(9-18(17)21)26-13-16-12-23(7-8-25-16)10-14-11-24-6-2-1-3-19(24)22-14/h1-6,9,11,16H,7-8,10,12-13H2/t16-/m0/s1. The van der Waals surface area contributed by atoms with Gasteiger partial charge < -0.3 is 13.9 Å². The summed E-state index contributed by atoms with van der Waals surface area (Å²) in [4.78, 5) is 6.87. The minimum absolute atomic E-state index is 0.131. The van der Waals surface area contributed by atoms with Crippen LogP contribution in [0.3, 0.4) is 0 Å². The summed E-state index contributed by atoms with van der Waals surface area (Å²) < 4.78 is 39.5. The van der Waals surface area contributed by atoms with Crippen molar-refractivity contribution in [2.24, 2.45) is 0 Å². The summed E-state index contributed by atoms with van der Waals surface area (Å²) in [7, 11) is 0. The van der Waals surface area contributed by atoms with Gasteiger partial charge in [-0.25, -0.2) is 13.8 Å². The van der Waals surface area contributed by atoms with Crippen LogP contribution in [0.5, 0.6) is 5.75 Å². The zero-order valence-electron chi connectivity index (χ0n) is 14.1. The van der Waals surface area contributed by atoms with Gasteiger partial charge in [0.15, 0.2) is 11.6 Å². The Labute approximate surface area is 149 Å². The molecular weight excluding hydrogens is 340 g/mol. The third kappa shape index (κ3) is 3.84. The maximum atomic E-state index is 13.2. The Kier molecular flexibility index (Phi) is 4.81. The number of morpholine rings is 1. The first-order chi connectivity index (χ1) is 12.7. The molecule has 3 aromatic rings. The van der Waals surface area contributed by atoms with Crippen molar-refractivity contribution in [2.75, 3.05) is 26.3 Å². The molecule has 0 unspecified atom stereocenters. The van der Waals surface area contributed by atoms with Gasteiger partial charge in [0.25, 0.3) is 0 Å². The number of fused-ring (bicyclic) bond motifs is 1. The molecule has 1 aliphatic heterocycles. The largest absolute Gasteiger partial charge is 0.491 e. The number of benzene rings is 1. The zero-order chi connectivity index (χ0) is 17.9. The number of aromatic nitrogens is 2. The molecule has 1 fully saturated rings. The number of ether oxygens (including phenoxy) is 2. The first kappa shape index (κ1) is 16.9. The predicted octanol–water partition coefficient (Wildman–Crippen LogP) is 2.89. The molecule has 26 heavy (non-hydrogen) atoms. The lowest BCUT2D eigenvalue weighted by Gasteiger charge is -2.32. The van der Waals surface area contributed by atoms with E-state index in [4.69, 9.17) is 9.47 Å². The van der Waals surface area contributed by atoms with Gasteiger partial charge in [-0.3, -0.25) is 4.90 Å². The first-order valence-corrected chi connectivity index (χ1v) is 8.52. The van der Waals surface area contributed by atoms with E-state index >= 15 is 0 Å². The second kappa shape index (κ2) is 7.39. The summed E-state index contributed by atoms with van der Waals surface area (Å²) in [6, 6.07) is 9.43. The topological polar surface area (TPSA) is 39.0 Å². The molecule has 4 rings (SSSR count). The van der Waals surface area contributed by atoms with E-state index in [9.17, 15) is 8.78 Å². The molecule has 0 aliphatic carbocycles. The van der Waals surface area contributed by atoms with Gasteiger partial charge in [-0.2, -0.15) is 0 Å². The van der Waals surface area contributed by atoms with Crippen LogP contribution < -0.4 is 4.74 Å². The Bertz CT molecular complexity index is 866. The van der Waals surface area contributed by atoms with Gasteiger partial charge >= 0.3 is 0 Å². The molecule has 0 N–H and O–H groups in total. The molecular formula is C19H19F2N3O2. The van der Waals surface area contributed by atoms with Gasteiger partial charge in [0.1, 0.15) is 24.1 Å².